The van der Waals surface area contributed by atoms with Crippen molar-refractivity contribution in [1.29, 1.82) is 0 Å². The summed E-state index contributed by atoms with van der Waals surface area (Å²) < 4.78 is 10.4. The molecule has 0 N–H and O–H groups in total. The fourth-order valence-electron chi connectivity index (χ4n) is 2.75. The number of hydrogen-bond donors (Lipinski definition) is 0. The summed E-state index contributed by atoms with van der Waals surface area (Å²) in [6, 6.07) is 11.2. The van der Waals surface area contributed by atoms with E-state index in [2.05, 4.69) is 5.10 Å². The molecule has 2 aromatic rings. The standard InChI is InChI=1S/C20H20N2O4/c1-3-5-20(24)26-13-19(23)22-17(18-6-4-11-25-18)12-16(21-22)15-9-7-14(2)8-10-15/h3-11,17H,12-13H2,1-2H3/b5-3+/t17-/m1/s1. The average molecular weight is 352 g/mol. The molecule has 0 fully saturated rings. The quantitative estimate of drug-likeness (QED) is 0.611. The van der Waals surface area contributed by atoms with Crippen LogP contribution in [0.3, 0.4) is 0 Å². The summed E-state index contributed by atoms with van der Waals surface area (Å²) in [4.78, 5) is 24.0. The molecule has 1 aromatic carbocycles. The number of aryl methyl sites for hydroxylation is 1. The minimum absolute atomic E-state index is 0.353. The van der Waals surface area contributed by atoms with Crippen molar-refractivity contribution < 1.29 is 18.7 Å². The first-order valence-corrected chi connectivity index (χ1v) is 8.38. The summed E-state index contributed by atoms with van der Waals surface area (Å²) in [6.07, 6.45) is 4.92. The SMILES string of the molecule is C/C=C/C(=O)OCC(=O)N1N=C(c2ccc(C)cc2)C[C@@H]1c1ccco1. The summed E-state index contributed by atoms with van der Waals surface area (Å²) in [5.74, 6) is -0.312. The van der Waals surface area contributed by atoms with Gasteiger partial charge in [0, 0.05) is 12.5 Å². The van der Waals surface area contributed by atoms with E-state index in [0.717, 1.165) is 16.8 Å². The van der Waals surface area contributed by atoms with Crippen LogP contribution >= 0.6 is 0 Å². The number of hydrogen-bond acceptors (Lipinski definition) is 5. The van der Waals surface area contributed by atoms with Crippen LogP contribution < -0.4 is 0 Å². The van der Waals surface area contributed by atoms with Crippen LogP contribution in [0.15, 0.2) is 64.3 Å². The normalized spacial score (nSPS) is 16.8. The zero-order valence-corrected chi connectivity index (χ0v) is 14.7. The van der Waals surface area contributed by atoms with E-state index in [1.165, 1.54) is 11.1 Å². The minimum Gasteiger partial charge on any atom is -0.467 e. The van der Waals surface area contributed by atoms with Gasteiger partial charge in [0.25, 0.3) is 5.91 Å². The fraction of sp³-hybridized carbons (Fsp3) is 0.250. The molecule has 26 heavy (non-hydrogen) atoms. The zero-order chi connectivity index (χ0) is 18.5. The Morgan fingerprint density at radius 3 is 2.73 bits per heavy atom. The van der Waals surface area contributed by atoms with E-state index < -0.39 is 11.9 Å². The van der Waals surface area contributed by atoms with E-state index in [1.54, 1.807) is 25.3 Å². The lowest BCUT2D eigenvalue weighted by molar-refractivity contribution is -0.149. The lowest BCUT2D eigenvalue weighted by atomic mass is 10.0. The maximum atomic E-state index is 12.6. The number of benzene rings is 1. The molecule has 134 valence electrons. The largest absolute Gasteiger partial charge is 0.467 e. The van der Waals surface area contributed by atoms with Crippen LogP contribution in [0.1, 0.15) is 36.3 Å². The van der Waals surface area contributed by atoms with Crippen molar-refractivity contribution in [1.82, 2.24) is 5.01 Å². The predicted octanol–water partition coefficient (Wildman–Crippen LogP) is 3.39. The maximum Gasteiger partial charge on any atom is 0.330 e. The number of amides is 1. The average Bonchev–Trinajstić information content (AvgIpc) is 3.30. The highest BCUT2D eigenvalue weighted by Gasteiger charge is 2.35. The molecule has 6 heteroatoms. The van der Waals surface area contributed by atoms with Crippen molar-refractivity contribution in [2.24, 2.45) is 5.10 Å². The van der Waals surface area contributed by atoms with Gasteiger partial charge in [-0.1, -0.05) is 35.9 Å². The second-order valence-electron chi connectivity index (χ2n) is 5.99. The molecular formula is C20H20N2O4. The van der Waals surface area contributed by atoms with E-state index >= 15 is 0 Å². The molecule has 1 atom stereocenters. The molecular weight excluding hydrogens is 332 g/mol. The predicted molar refractivity (Wildman–Crippen MR) is 96.4 cm³/mol. The van der Waals surface area contributed by atoms with Gasteiger partial charge in [-0.15, -0.1) is 0 Å². The fourth-order valence-corrected chi connectivity index (χ4v) is 2.75. The van der Waals surface area contributed by atoms with Crippen molar-refractivity contribution in [3.8, 4) is 0 Å². The van der Waals surface area contributed by atoms with Crippen molar-refractivity contribution >= 4 is 17.6 Å². The van der Waals surface area contributed by atoms with Gasteiger partial charge in [-0.3, -0.25) is 4.79 Å². The summed E-state index contributed by atoms with van der Waals surface area (Å²) in [6.45, 7) is 3.35. The van der Waals surface area contributed by atoms with Crippen LogP contribution in [0.25, 0.3) is 0 Å². The van der Waals surface area contributed by atoms with Gasteiger partial charge in [0.1, 0.15) is 11.8 Å². The number of carbonyl (C=O) groups excluding carboxylic acids is 2. The summed E-state index contributed by atoms with van der Waals surface area (Å²) in [7, 11) is 0. The minimum atomic E-state index is -0.558. The highest BCUT2D eigenvalue weighted by atomic mass is 16.5. The summed E-state index contributed by atoms with van der Waals surface area (Å²) >= 11 is 0. The van der Waals surface area contributed by atoms with E-state index in [4.69, 9.17) is 9.15 Å². The Labute approximate surface area is 151 Å². The molecule has 1 amide bonds. The molecule has 0 bridgehead atoms. The highest BCUT2D eigenvalue weighted by molar-refractivity contribution is 6.03. The van der Waals surface area contributed by atoms with Crippen molar-refractivity contribution in [3.05, 3.63) is 71.7 Å². The van der Waals surface area contributed by atoms with Crippen molar-refractivity contribution in [2.45, 2.75) is 26.3 Å². The molecule has 0 unspecified atom stereocenters. The second kappa shape index (κ2) is 7.82. The lowest BCUT2D eigenvalue weighted by Gasteiger charge is -2.19. The molecule has 1 aliphatic heterocycles. The molecule has 0 saturated carbocycles. The number of hydrazone groups is 1. The van der Waals surface area contributed by atoms with E-state index in [-0.39, 0.29) is 12.6 Å². The third kappa shape index (κ3) is 3.91. The number of esters is 1. The van der Waals surface area contributed by atoms with Gasteiger partial charge in [0.2, 0.25) is 0 Å². The monoisotopic (exact) mass is 352 g/mol. The number of furan rings is 1. The number of rotatable bonds is 5. The van der Waals surface area contributed by atoms with Crippen LogP contribution in [0, 0.1) is 6.92 Å². The molecule has 0 spiro atoms. The Balaban J connectivity index is 1.81. The maximum absolute atomic E-state index is 12.6. The molecule has 0 saturated heterocycles. The smallest absolute Gasteiger partial charge is 0.330 e. The topological polar surface area (TPSA) is 72.1 Å². The van der Waals surface area contributed by atoms with Crippen LogP contribution in [-0.2, 0) is 14.3 Å². The number of ether oxygens (including phenoxy) is 1. The third-order valence-corrected chi connectivity index (χ3v) is 4.06. The van der Waals surface area contributed by atoms with Gasteiger partial charge in [0.05, 0.1) is 12.0 Å². The Morgan fingerprint density at radius 2 is 2.08 bits per heavy atom. The van der Waals surface area contributed by atoms with Gasteiger partial charge >= 0.3 is 5.97 Å². The van der Waals surface area contributed by atoms with Crippen molar-refractivity contribution in [3.63, 3.8) is 0 Å². The second-order valence-corrected chi connectivity index (χ2v) is 5.99. The number of allylic oxidation sites excluding steroid dienone is 1. The van der Waals surface area contributed by atoms with E-state index in [0.29, 0.717) is 12.2 Å². The first kappa shape index (κ1) is 17.7. The van der Waals surface area contributed by atoms with Gasteiger partial charge < -0.3 is 9.15 Å². The Kier molecular flexibility index (Phi) is 5.31. The summed E-state index contributed by atoms with van der Waals surface area (Å²) in [5, 5.41) is 5.82. The Hall–Kier alpha value is -3.15. The lowest BCUT2D eigenvalue weighted by Crippen LogP contribution is -2.31. The van der Waals surface area contributed by atoms with Gasteiger partial charge in [-0.2, -0.15) is 5.10 Å². The molecule has 3 rings (SSSR count). The summed E-state index contributed by atoms with van der Waals surface area (Å²) in [5.41, 5.74) is 2.90. The molecule has 6 nitrogen and oxygen atoms in total. The molecule has 1 aliphatic rings. The Bertz CT molecular complexity index is 835. The van der Waals surface area contributed by atoms with Gasteiger partial charge in [0.15, 0.2) is 6.61 Å². The first-order valence-electron chi connectivity index (χ1n) is 8.38. The third-order valence-electron chi connectivity index (χ3n) is 4.06. The molecule has 0 radical (unpaired) electrons. The van der Waals surface area contributed by atoms with Crippen LogP contribution in [0.2, 0.25) is 0 Å². The van der Waals surface area contributed by atoms with Crippen LogP contribution in [0.5, 0.6) is 0 Å². The zero-order valence-electron chi connectivity index (χ0n) is 14.7. The van der Waals surface area contributed by atoms with Gasteiger partial charge in [-0.25, -0.2) is 9.80 Å². The van der Waals surface area contributed by atoms with Gasteiger partial charge in [-0.05, 0) is 31.5 Å². The molecule has 1 aromatic heterocycles. The van der Waals surface area contributed by atoms with E-state index in [9.17, 15) is 9.59 Å². The van der Waals surface area contributed by atoms with Crippen LogP contribution in [-0.4, -0.2) is 29.2 Å². The number of carbonyl (C=O) groups is 2. The highest BCUT2D eigenvalue weighted by Crippen LogP contribution is 2.33. The Morgan fingerprint density at radius 1 is 1.31 bits per heavy atom. The van der Waals surface area contributed by atoms with Crippen molar-refractivity contribution in [2.75, 3.05) is 6.61 Å². The van der Waals surface area contributed by atoms with E-state index in [1.807, 2.05) is 37.3 Å². The molecule has 0 aliphatic carbocycles. The number of nitrogens with zero attached hydrogens (tertiary/aromatic N) is 2. The molecule has 2 heterocycles. The first-order chi connectivity index (χ1) is 12.6. The van der Waals surface area contributed by atoms with Crippen LogP contribution in [0.4, 0.5) is 0 Å².